The second kappa shape index (κ2) is 8.30. The summed E-state index contributed by atoms with van der Waals surface area (Å²) in [4.78, 5) is 11.8. The number of carbonyl (C=O) groups excluding carboxylic acids is 1. The molecule has 0 amide bonds. The van der Waals surface area contributed by atoms with Gasteiger partial charge in [-0.2, -0.15) is 11.8 Å². The van der Waals surface area contributed by atoms with Crippen LogP contribution in [-0.4, -0.2) is 17.3 Å². The first-order valence-corrected chi connectivity index (χ1v) is 7.65. The third-order valence-corrected chi connectivity index (χ3v) is 4.34. The van der Waals surface area contributed by atoms with Crippen LogP contribution in [0.4, 0.5) is 4.39 Å². The Kier molecular flexibility index (Phi) is 7.02. The van der Waals surface area contributed by atoms with Crippen LogP contribution < -0.4 is 0 Å². The summed E-state index contributed by atoms with van der Waals surface area (Å²) in [5.74, 6) is 2.76. The lowest BCUT2D eigenvalue weighted by Gasteiger charge is -2.07. The van der Waals surface area contributed by atoms with E-state index >= 15 is 0 Å². The van der Waals surface area contributed by atoms with Crippen LogP contribution >= 0.6 is 11.8 Å². The van der Waals surface area contributed by atoms with Gasteiger partial charge in [-0.15, -0.1) is 0 Å². The Balaban J connectivity index is 2.19. The first kappa shape index (κ1) is 15.2. The number of rotatable bonds is 8. The monoisotopic (exact) mass is 268 g/mol. The fourth-order valence-corrected chi connectivity index (χ4v) is 2.67. The van der Waals surface area contributed by atoms with Crippen molar-refractivity contribution in [1.29, 1.82) is 0 Å². The summed E-state index contributed by atoms with van der Waals surface area (Å²) < 4.78 is 12.7. The first-order valence-electron chi connectivity index (χ1n) is 6.50. The fourth-order valence-electron chi connectivity index (χ4n) is 1.52. The summed E-state index contributed by atoms with van der Waals surface area (Å²) in [6.07, 6.45) is 2.66. The summed E-state index contributed by atoms with van der Waals surface area (Å²) in [5, 5.41) is 0. The lowest BCUT2D eigenvalue weighted by atomic mass is 10.1. The van der Waals surface area contributed by atoms with Crippen molar-refractivity contribution in [1.82, 2.24) is 0 Å². The van der Waals surface area contributed by atoms with Crippen molar-refractivity contribution in [2.45, 2.75) is 33.1 Å². The Labute approximate surface area is 113 Å². The minimum atomic E-state index is -0.296. The number of carbonyl (C=O) groups is 1. The maximum absolute atomic E-state index is 12.7. The predicted octanol–water partition coefficient (Wildman–Crippen LogP) is 4.57. The molecule has 1 rings (SSSR count). The normalized spacial score (nSPS) is 12.4. The summed E-state index contributed by atoms with van der Waals surface area (Å²) in [6, 6.07) is 5.80. The Bertz CT molecular complexity index is 361. The molecule has 0 aromatic heterocycles. The average Bonchev–Trinajstić information content (AvgIpc) is 2.38. The number of Topliss-reactive ketones (excluding diaryl/α,β-unsaturated/α-hetero) is 1. The summed E-state index contributed by atoms with van der Waals surface area (Å²) in [5.41, 5.74) is 0.614. The number of ketones is 1. The fraction of sp³-hybridized carbons (Fsp3) is 0.533. The van der Waals surface area contributed by atoms with E-state index in [0.29, 0.717) is 12.0 Å². The van der Waals surface area contributed by atoms with Gasteiger partial charge in [0, 0.05) is 12.0 Å². The molecule has 0 radical (unpaired) electrons. The van der Waals surface area contributed by atoms with Gasteiger partial charge in [-0.25, -0.2) is 4.39 Å². The van der Waals surface area contributed by atoms with E-state index in [9.17, 15) is 9.18 Å². The smallest absolute Gasteiger partial charge is 0.162 e. The van der Waals surface area contributed by atoms with Gasteiger partial charge in [0.15, 0.2) is 5.78 Å². The largest absolute Gasteiger partial charge is 0.294 e. The summed E-state index contributed by atoms with van der Waals surface area (Å²) in [7, 11) is 0. The highest BCUT2D eigenvalue weighted by molar-refractivity contribution is 7.99. The van der Waals surface area contributed by atoms with E-state index in [0.717, 1.165) is 18.1 Å². The molecule has 18 heavy (non-hydrogen) atoms. The van der Waals surface area contributed by atoms with Crippen molar-refractivity contribution in [3.05, 3.63) is 35.6 Å². The Morgan fingerprint density at radius 3 is 2.61 bits per heavy atom. The minimum Gasteiger partial charge on any atom is -0.294 e. The highest BCUT2D eigenvalue weighted by Crippen LogP contribution is 2.14. The lowest BCUT2D eigenvalue weighted by Crippen LogP contribution is -2.01. The van der Waals surface area contributed by atoms with Gasteiger partial charge in [-0.1, -0.05) is 20.3 Å². The van der Waals surface area contributed by atoms with Crippen molar-refractivity contribution >= 4 is 17.5 Å². The van der Waals surface area contributed by atoms with Crippen LogP contribution in [0, 0.1) is 11.7 Å². The molecule has 0 saturated carbocycles. The molecule has 0 fully saturated rings. The Hall–Kier alpha value is -0.830. The van der Waals surface area contributed by atoms with Crippen LogP contribution in [0.1, 0.15) is 43.5 Å². The number of benzene rings is 1. The highest BCUT2D eigenvalue weighted by atomic mass is 32.2. The van der Waals surface area contributed by atoms with Crippen molar-refractivity contribution in [3.63, 3.8) is 0 Å². The molecule has 1 aromatic carbocycles. The van der Waals surface area contributed by atoms with Gasteiger partial charge < -0.3 is 0 Å². The van der Waals surface area contributed by atoms with E-state index in [1.54, 1.807) is 12.1 Å². The van der Waals surface area contributed by atoms with E-state index in [-0.39, 0.29) is 11.6 Å². The van der Waals surface area contributed by atoms with Crippen molar-refractivity contribution in [2.75, 3.05) is 11.5 Å². The third-order valence-electron chi connectivity index (χ3n) is 2.96. The van der Waals surface area contributed by atoms with Gasteiger partial charge in [0.25, 0.3) is 0 Å². The summed E-state index contributed by atoms with van der Waals surface area (Å²) in [6.45, 7) is 4.44. The van der Waals surface area contributed by atoms with Crippen LogP contribution in [0.3, 0.4) is 0 Å². The van der Waals surface area contributed by atoms with Gasteiger partial charge in [0.1, 0.15) is 5.82 Å². The zero-order valence-corrected chi connectivity index (χ0v) is 11.9. The Morgan fingerprint density at radius 1 is 1.33 bits per heavy atom. The SMILES string of the molecule is CCC(C)CSCCCC(=O)c1ccc(F)cc1. The second-order valence-electron chi connectivity index (χ2n) is 4.62. The molecular weight excluding hydrogens is 247 g/mol. The molecule has 1 nitrogen and oxygen atoms in total. The van der Waals surface area contributed by atoms with Crippen LogP contribution in [0.5, 0.6) is 0 Å². The van der Waals surface area contributed by atoms with Crippen molar-refractivity contribution in [3.8, 4) is 0 Å². The molecule has 0 aliphatic heterocycles. The van der Waals surface area contributed by atoms with Crippen molar-refractivity contribution < 1.29 is 9.18 Å². The van der Waals surface area contributed by atoms with Crippen LogP contribution in [0.25, 0.3) is 0 Å². The highest BCUT2D eigenvalue weighted by Gasteiger charge is 2.06. The zero-order chi connectivity index (χ0) is 13.4. The minimum absolute atomic E-state index is 0.110. The topological polar surface area (TPSA) is 17.1 Å². The standard InChI is InChI=1S/C15H21FOS/c1-3-12(2)11-18-10-4-5-15(17)13-6-8-14(16)9-7-13/h6-9,12H,3-5,10-11H2,1-2H3. The molecule has 1 atom stereocenters. The predicted molar refractivity (Wildman–Crippen MR) is 76.7 cm³/mol. The van der Waals surface area contributed by atoms with Gasteiger partial charge in [-0.05, 0) is 48.1 Å². The molecule has 3 heteroatoms. The molecule has 1 aromatic rings. The number of hydrogen-bond acceptors (Lipinski definition) is 2. The number of thioether (sulfide) groups is 1. The third kappa shape index (κ3) is 5.67. The van der Waals surface area contributed by atoms with Gasteiger partial charge >= 0.3 is 0 Å². The van der Waals surface area contributed by atoms with E-state index in [1.165, 1.54) is 24.3 Å². The quantitative estimate of drug-likeness (QED) is 0.507. The van der Waals surface area contributed by atoms with Crippen molar-refractivity contribution in [2.24, 2.45) is 5.92 Å². The van der Waals surface area contributed by atoms with Crippen LogP contribution in [0.15, 0.2) is 24.3 Å². The molecule has 1 unspecified atom stereocenters. The molecule has 0 aliphatic rings. The van der Waals surface area contributed by atoms with E-state index in [4.69, 9.17) is 0 Å². The van der Waals surface area contributed by atoms with Gasteiger partial charge in [0.05, 0.1) is 0 Å². The van der Waals surface area contributed by atoms with Gasteiger partial charge in [0.2, 0.25) is 0 Å². The molecule has 0 N–H and O–H groups in total. The molecule has 0 bridgehead atoms. The number of hydrogen-bond donors (Lipinski definition) is 0. The molecule has 100 valence electrons. The van der Waals surface area contributed by atoms with E-state index in [1.807, 2.05) is 11.8 Å². The average molecular weight is 268 g/mol. The van der Waals surface area contributed by atoms with E-state index in [2.05, 4.69) is 13.8 Å². The molecule has 0 heterocycles. The van der Waals surface area contributed by atoms with Crippen LogP contribution in [-0.2, 0) is 0 Å². The maximum atomic E-state index is 12.7. The maximum Gasteiger partial charge on any atom is 0.162 e. The first-order chi connectivity index (χ1) is 8.63. The molecule has 0 aliphatic carbocycles. The second-order valence-corrected chi connectivity index (χ2v) is 5.77. The Morgan fingerprint density at radius 2 is 2.00 bits per heavy atom. The molecule has 0 saturated heterocycles. The molecule has 0 spiro atoms. The number of halogens is 1. The molecular formula is C15H21FOS. The van der Waals surface area contributed by atoms with E-state index < -0.39 is 0 Å². The zero-order valence-electron chi connectivity index (χ0n) is 11.1. The van der Waals surface area contributed by atoms with Gasteiger partial charge in [-0.3, -0.25) is 4.79 Å². The van der Waals surface area contributed by atoms with Crippen LogP contribution in [0.2, 0.25) is 0 Å². The lowest BCUT2D eigenvalue weighted by molar-refractivity contribution is 0.0982. The summed E-state index contributed by atoms with van der Waals surface area (Å²) >= 11 is 1.91.